The fourth-order valence-corrected chi connectivity index (χ4v) is 3.70. The average molecular weight is 404 g/mol. The van der Waals surface area contributed by atoms with Crippen LogP contribution in [-0.2, 0) is 20.8 Å². The van der Waals surface area contributed by atoms with E-state index in [2.05, 4.69) is 15.3 Å². The van der Waals surface area contributed by atoms with Gasteiger partial charge in [0.25, 0.3) is 0 Å². The Kier molecular flexibility index (Phi) is 7.35. The highest BCUT2D eigenvalue weighted by Crippen LogP contribution is 2.22. The highest BCUT2D eigenvalue weighted by Gasteiger charge is 2.24. The summed E-state index contributed by atoms with van der Waals surface area (Å²) in [5.74, 6) is -0.394. The van der Waals surface area contributed by atoms with Crippen LogP contribution in [0.1, 0.15) is 23.4 Å². The highest BCUT2D eigenvalue weighted by molar-refractivity contribution is 5.77. The molecule has 1 aliphatic heterocycles. The molecule has 2 aromatic rings. The van der Waals surface area contributed by atoms with Crippen LogP contribution < -0.4 is 5.32 Å². The summed E-state index contributed by atoms with van der Waals surface area (Å²) in [6.07, 6.45) is 0.750. The fraction of sp³-hybridized carbons (Fsp3) is 0.524. The van der Waals surface area contributed by atoms with Crippen molar-refractivity contribution in [3.05, 3.63) is 47.0 Å². The van der Waals surface area contributed by atoms with E-state index in [4.69, 9.17) is 9.47 Å². The van der Waals surface area contributed by atoms with E-state index >= 15 is 0 Å². The molecule has 29 heavy (non-hydrogen) atoms. The fourth-order valence-electron chi connectivity index (χ4n) is 3.70. The molecule has 1 unspecified atom stereocenters. The SMILES string of the molecule is COCC(=O)NCCC1COCCN1Cc1cc(F)ccc1-n1nc(C)cc1C. The molecule has 1 aromatic heterocycles. The molecule has 1 saturated heterocycles. The van der Waals surface area contributed by atoms with E-state index in [1.54, 1.807) is 12.1 Å². The number of hydrogen-bond acceptors (Lipinski definition) is 5. The van der Waals surface area contributed by atoms with E-state index in [-0.39, 0.29) is 24.4 Å². The Labute approximate surface area is 170 Å². The minimum Gasteiger partial charge on any atom is -0.378 e. The summed E-state index contributed by atoms with van der Waals surface area (Å²) in [7, 11) is 1.50. The van der Waals surface area contributed by atoms with Gasteiger partial charge in [-0.05, 0) is 50.1 Å². The molecule has 7 nitrogen and oxygen atoms in total. The van der Waals surface area contributed by atoms with Crippen molar-refractivity contribution in [3.8, 4) is 5.69 Å². The Hall–Kier alpha value is -2.29. The quantitative estimate of drug-likeness (QED) is 0.729. The molecule has 1 aromatic carbocycles. The molecule has 8 heteroatoms. The van der Waals surface area contributed by atoms with Gasteiger partial charge in [-0.25, -0.2) is 9.07 Å². The van der Waals surface area contributed by atoms with Crippen LogP contribution >= 0.6 is 0 Å². The summed E-state index contributed by atoms with van der Waals surface area (Å²) in [5.41, 5.74) is 3.70. The number of rotatable bonds is 8. The Morgan fingerprint density at radius 2 is 2.21 bits per heavy atom. The number of aromatic nitrogens is 2. The van der Waals surface area contributed by atoms with Crippen LogP contribution in [0.15, 0.2) is 24.3 Å². The maximum atomic E-state index is 14.1. The molecule has 0 radical (unpaired) electrons. The molecule has 1 N–H and O–H groups in total. The maximum Gasteiger partial charge on any atom is 0.245 e. The van der Waals surface area contributed by atoms with E-state index in [0.717, 1.165) is 35.6 Å². The number of benzene rings is 1. The van der Waals surface area contributed by atoms with Crippen LogP contribution in [0.4, 0.5) is 4.39 Å². The Morgan fingerprint density at radius 1 is 1.38 bits per heavy atom. The first-order valence-electron chi connectivity index (χ1n) is 9.87. The number of nitrogens with zero attached hydrogens (tertiary/aromatic N) is 3. The standard InChI is InChI=1S/C21H29FN4O3/c1-15-10-16(2)26(24-15)20-5-4-18(22)11-17(20)12-25-8-9-29-13-19(25)6-7-23-21(27)14-28-3/h4-5,10-11,19H,6-9,12-14H2,1-3H3,(H,23,27). The first-order valence-corrected chi connectivity index (χ1v) is 9.87. The second-order valence-corrected chi connectivity index (χ2v) is 7.38. The molecule has 1 atom stereocenters. The molecule has 158 valence electrons. The zero-order valence-corrected chi connectivity index (χ0v) is 17.3. The number of aryl methyl sites for hydroxylation is 2. The van der Waals surface area contributed by atoms with E-state index < -0.39 is 0 Å². The van der Waals surface area contributed by atoms with Crippen LogP contribution in [0.2, 0.25) is 0 Å². The molecular formula is C21H29FN4O3. The van der Waals surface area contributed by atoms with E-state index in [1.807, 2.05) is 24.6 Å². The van der Waals surface area contributed by atoms with Gasteiger partial charge in [0.1, 0.15) is 12.4 Å². The topological polar surface area (TPSA) is 68.6 Å². The predicted molar refractivity (Wildman–Crippen MR) is 108 cm³/mol. The van der Waals surface area contributed by atoms with Gasteiger partial charge in [-0.1, -0.05) is 0 Å². The van der Waals surface area contributed by atoms with Gasteiger partial charge >= 0.3 is 0 Å². The molecule has 3 rings (SSSR count). The Bertz CT molecular complexity index is 839. The van der Waals surface area contributed by atoms with Crippen molar-refractivity contribution in [1.82, 2.24) is 20.0 Å². The van der Waals surface area contributed by atoms with E-state index in [1.165, 1.54) is 13.2 Å². The number of methoxy groups -OCH3 is 1. The average Bonchev–Trinajstić information content (AvgIpc) is 3.01. The van der Waals surface area contributed by atoms with Gasteiger partial charge in [-0.3, -0.25) is 9.69 Å². The van der Waals surface area contributed by atoms with Crippen molar-refractivity contribution in [2.24, 2.45) is 0 Å². The Balaban J connectivity index is 1.74. The third-order valence-corrected chi connectivity index (χ3v) is 5.08. The van der Waals surface area contributed by atoms with Crippen LogP contribution in [-0.4, -0.2) is 66.6 Å². The van der Waals surface area contributed by atoms with Crippen molar-refractivity contribution in [1.29, 1.82) is 0 Å². The number of halogens is 1. The number of hydrogen-bond donors (Lipinski definition) is 1. The number of carbonyl (C=O) groups excluding carboxylic acids is 1. The molecule has 1 fully saturated rings. The van der Waals surface area contributed by atoms with Crippen LogP contribution in [0.5, 0.6) is 0 Å². The first kappa shape index (κ1) is 21.4. The molecule has 1 aliphatic rings. The minimum atomic E-state index is -0.262. The van der Waals surface area contributed by atoms with Gasteiger partial charge < -0.3 is 14.8 Å². The monoisotopic (exact) mass is 404 g/mol. The molecule has 1 amide bonds. The van der Waals surface area contributed by atoms with Crippen molar-refractivity contribution >= 4 is 5.91 Å². The van der Waals surface area contributed by atoms with Crippen molar-refractivity contribution in [2.75, 3.05) is 40.0 Å². The van der Waals surface area contributed by atoms with Gasteiger partial charge in [-0.2, -0.15) is 5.10 Å². The van der Waals surface area contributed by atoms with Gasteiger partial charge in [0, 0.05) is 38.5 Å². The molecule has 0 aliphatic carbocycles. The molecule has 0 saturated carbocycles. The normalized spacial score (nSPS) is 17.4. The lowest BCUT2D eigenvalue weighted by molar-refractivity contribution is -0.124. The summed E-state index contributed by atoms with van der Waals surface area (Å²) in [6, 6.07) is 6.98. The van der Waals surface area contributed by atoms with Crippen molar-refractivity contribution < 1.29 is 18.7 Å². The van der Waals surface area contributed by atoms with Crippen LogP contribution in [0, 0.1) is 19.7 Å². The second kappa shape index (κ2) is 9.96. The van der Waals surface area contributed by atoms with Gasteiger partial charge in [0.2, 0.25) is 5.91 Å². The van der Waals surface area contributed by atoms with Gasteiger partial charge in [-0.15, -0.1) is 0 Å². The zero-order valence-electron chi connectivity index (χ0n) is 17.3. The zero-order chi connectivity index (χ0) is 20.8. The number of ether oxygens (including phenoxy) is 2. The van der Waals surface area contributed by atoms with Gasteiger partial charge in [0.15, 0.2) is 0 Å². The largest absolute Gasteiger partial charge is 0.378 e. The summed E-state index contributed by atoms with van der Waals surface area (Å²) in [5, 5.41) is 7.41. The van der Waals surface area contributed by atoms with Crippen molar-refractivity contribution in [2.45, 2.75) is 32.9 Å². The third kappa shape index (κ3) is 5.62. The summed E-state index contributed by atoms with van der Waals surface area (Å²) < 4.78 is 26.4. The lowest BCUT2D eigenvalue weighted by atomic mass is 10.1. The number of amides is 1. The smallest absolute Gasteiger partial charge is 0.245 e. The molecule has 2 heterocycles. The van der Waals surface area contributed by atoms with E-state index in [0.29, 0.717) is 26.3 Å². The van der Waals surface area contributed by atoms with Crippen LogP contribution in [0.3, 0.4) is 0 Å². The Morgan fingerprint density at radius 3 is 2.93 bits per heavy atom. The molecule has 0 bridgehead atoms. The second-order valence-electron chi connectivity index (χ2n) is 7.38. The summed E-state index contributed by atoms with van der Waals surface area (Å²) in [6.45, 7) is 7.10. The number of nitrogens with one attached hydrogen (secondary N) is 1. The third-order valence-electron chi connectivity index (χ3n) is 5.08. The number of morpholine rings is 1. The van der Waals surface area contributed by atoms with Crippen LogP contribution in [0.25, 0.3) is 5.69 Å². The van der Waals surface area contributed by atoms with E-state index in [9.17, 15) is 9.18 Å². The van der Waals surface area contributed by atoms with Crippen molar-refractivity contribution in [3.63, 3.8) is 0 Å². The molecular weight excluding hydrogens is 375 g/mol. The van der Waals surface area contributed by atoms with Gasteiger partial charge in [0.05, 0.1) is 24.6 Å². The first-order chi connectivity index (χ1) is 14.0. The number of carbonyl (C=O) groups is 1. The lowest BCUT2D eigenvalue weighted by Crippen LogP contribution is -2.46. The summed E-state index contributed by atoms with van der Waals surface area (Å²) >= 11 is 0. The predicted octanol–water partition coefficient (Wildman–Crippen LogP) is 1.98. The lowest BCUT2D eigenvalue weighted by Gasteiger charge is -2.36. The maximum absolute atomic E-state index is 14.1. The highest BCUT2D eigenvalue weighted by atomic mass is 19.1. The summed E-state index contributed by atoms with van der Waals surface area (Å²) in [4.78, 5) is 13.9. The molecule has 0 spiro atoms. The minimum absolute atomic E-state index is 0.0557.